The Hall–Kier alpha value is -0.920. The standard InChI is InChI=1S/C11H22N4O2S/c1-6-15(11(4,5)7-12)18(16,17)10-8(2)13-14-9(10)3/h6-7,12H2,1-5H3,(H,13,14). The van der Waals surface area contributed by atoms with Crippen LogP contribution in [0.15, 0.2) is 4.90 Å². The minimum absolute atomic E-state index is 0.255. The van der Waals surface area contributed by atoms with Gasteiger partial charge in [-0.15, -0.1) is 0 Å². The number of sulfonamides is 1. The van der Waals surface area contributed by atoms with Crippen LogP contribution in [0.5, 0.6) is 0 Å². The highest BCUT2D eigenvalue weighted by molar-refractivity contribution is 7.89. The second-order valence-electron chi connectivity index (χ2n) is 4.95. The van der Waals surface area contributed by atoms with Gasteiger partial charge in [-0.25, -0.2) is 8.42 Å². The second-order valence-corrected chi connectivity index (χ2v) is 6.75. The van der Waals surface area contributed by atoms with Gasteiger partial charge in [-0.2, -0.15) is 9.40 Å². The number of nitrogens with zero attached hydrogens (tertiary/aromatic N) is 2. The Morgan fingerprint density at radius 3 is 2.28 bits per heavy atom. The number of nitrogens with two attached hydrogens (primary N) is 1. The molecule has 0 saturated carbocycles. The van der Waals surface area contributed by atoms with Crippen molar-refractivity contribution in [1.82, 2.24) is 14.5 Å². The SMILES string of the molecule is CCN(C(C)(C)CN)S(=O)(=O)c1c(C)n[nH]c1C. The first-order valence-electron chi connectivity index (χ1n) is 5.93. The highest BCUT2D eigenvalue weighted by Gasteiger charge is 2.37. The van der Waals surface area contributed by atoms with Crippen LogP contribution in [-0.4, -0.2) is 41.5 Å². The van der Waals surface area contributed by atoms with Crippen LogP contribution in [0.3, 0.4) is 0 Å². The van der Waals surface area contributed by atoms with Gasteiger partial charge in [0, 0.05) is 18.6 Å². The molecule has 0 aliphatic heterocycles. The van der Waals surface area contributed by atoms with Gasteiger partial charge in [0.05, 0.1) is 11.4 Å². The number of hydrogen-bond donors (Lipinski definition) is 2. The lowest BCUT2D eigenvalue weighted by Gasteiger charge is -2.35. The van der Waals surface area contributed by atoms with E-state index < -0.39 is 15.6 Å². The first-order valence-corrected chi connectivity index (χ1v) is 7.37. The van der Waals surface area contributed by atoms with Gasteiger partial charge in [-0.05, 0) is 27.7 Å². The topological polar surface area (TPSA) is 92.1 Å². The number of nitrogens with one attached hydrogen (secondary N) is 1. The van der Waals surface area contributed by atoms with Gasteiger partial charge in [0.1, 0.15) is 4.90 Å². The highest BCUT2D eigenvalue weighted by atomic mass is 32.2. The van der Waals surface area contributed by atoms with E-state index in [2.05, 4.69) is 10.2 Å². The van der Waals surface area contributed by atoms with Crippen LogP contribution in [0.2, 0.25) is 0 Å². The fraction of sp³-hybridized carbons (Fsp3) is 0.727. The molecule has 0 aliphatic rings. The van der Waals surface area contributed by atoms with Gasteiger partial charge < -0.3 is 5.73 Å². The first kappa shape index (κ1) is 15.1. The average Bonchev–Trinajstić information content (AvgIpc) is 2.59. The monoisotopic (exact) mass is 274 g/mol. The zero-order chi connectivity index (χ0) is 14.1. The van der Waals surface area contributed by atoms with Gasteiger partial charge >= 0.3 is 0 Å². The normalized spacial score (nSPS) is 13.3. The molecule has 0 fully saturated rings. The summed E-state index contributed by atoms with van der Waals surface area (Å²) < 4.78 is 26.8. The Kier molecular flexibility index (Phi) is 4.19. The van der Waals surface area contributed by atoms with Crippen LogP contribution in [0, 0.1) is 13.8 Å². The molecule has 1 rings (SSSR count). The number of aromatic nitrogens is 2. The largest absolute Gasteiger partial charge is 0.329 e. The third-order valence-corrected chi connectivity index (χ3v) is 5.52. The lowest BCUT2D eigenvalue weighted by atomic mass is 10.1. The van der Waals surface area contributed by atoms with E-state index in [1.54, 1.807) is 20.8 Å². The van der Waals surface area contributed by atoms with Gasteiger partial charge in [0.15, 0.2) is 0 Å². The summed E-state index contributed by atoms with van der Waals surface area (Å²) >= 11 is 0. The summed E-state index contributed by atoms with van der Waals surface area (Å²) in [6.07, 6.45) is 0. The van der Waals surface area contributed by atoms with Crippen molar-refractivity contribution in [3.05, 3.63) is 11.4 Å². The summed E-state index contributed by atoms with van der Waals surface area (Å²) in [5.41, 5.74) is 6.10. The summed E-state index contributed by atoms with van der Waals surface area (Å²) in [7, 11) is -3.58. The lowest BCUT2D eigenvalue weighted by molar-refractivity contribution is 0.244. The number of aryl methyl sites for hydroxylation is 2. The maximum Gasteiger partial charge on any atom is 0.247 e. The summed E-state index contributed by atoms with van der Waals surface area (Å²) in [5, 5.41) is 6.65. The number of likely N-dealkylation sites (N-methyl/N-ethyl adjacent to an activating group) is 1. The number of hydrogen-bond acceptors (Lipinski definition) is 4. The Balaban J connectivity index is 3.38. The van der Waals surface area contributed by atoms with Crippen molar-refractivity contribution in [2.24, 2.45) is 5.73 Å². The molecule has 0 amide bonds. The molecule has 7 heteroatoms. The summed E-state index contributed by atoms with van der Waals surface area (Å²) in [4.78, 5) is 0.255. The molecule has 6 nitrogen and oxygen atoms in total. The maximum absolute atomic E-state index is 12.7. The van der Waals surface area contributed by atoms with E-state index in [1.807, 2.05) is 13.8 Å². The summed E-state index contributed by atoms with van der Waals surface area (Å²) in [6, 6.07) is 0. The Morgan fingerprint density at radius 2 is 1.94 bits per heavy atom. The van der Waals surface area contributed by atoms with E-state index in [-0.39, 0.29) is 11.4 Å². The van der Waals surface area contributed by atoms with Crippen molar-refractivity contribution in [1.29, 1.82) is 0 Å². The molecule has 1 aromatic heterocycles. The molecule has 3 N–H and O–H groups in total. The smallest absolute Gasteiger partial charge is 0.247 e. The summed E-state index contributed by atoms with van der Waals surface area (Å²) in [5.74, 6) is 0. The molecule has 1 aromatic rings. The molecule has 1 heterocycles. The molecule has 18 heavy (non-hydrogen) atoms. The van der Waals surface area contributed by atoms with Crippen LogP contribution in [0.4, 0.5) is 0 Å². The predicted molar refractivity (Wildman–Crippen MR) is 70.8 cm³/mol. The van der Waals surface area contributed by atoms with Crippen LogP contribution < -0.4 is 5.73 Å². The fourth-order valence-electron chi connectivity index (χ4n) is 2.06. The summed E-state index contributed by atoms with van der Waals surface area (Å²) in [6.45, 7) is 9.46. The van der Waals surface area contributed by atoms with Crippen molar-refractivity contribution >= 4 is 10.0 Å². The molecule has 0 spiro atoms. The predicted octanol–water partition coefficient (Wildman–Crippen LogP) is 0.774. The number of H-pyrrole nitrogens is 1. The Labute approximate surface area is 109 Å². The van der Waals surface area contributed by atoms with E-state index >= 15 is 0 Å². The van der Waals surface area contributed by atoms with Crippen LogP contribution in [0.1, 0.15) is 32.2 Å². The molecular formula is C11H22N4O2S. The van der Waals surface area contributed by atoms with Crippen molar-refractivity contribution in [2.75, 3.05) is 13.1 Å². The molecule has 104 valence electrons. The van der Waals surface area contributed by atoms with Gasteiger partial charge in [0.25, 0.3) is 0 Å². The Morgan fingerprint density at radius 1 is 1.39 bits per heavy atom. The molecular weight excluding hydrogens is 252 g/mol. The second kappa shape index (κ2) is 4.99. The molecule has 0 radical (unpaired) electrons. The van der Waals surface area contributed by atoms with Gasteiger partial charge in [-0.1, -0.05) is 6.92 Å². The average molecular weight is 274 g/mol. The van der Waals surface area contributed by atoms with Crippen LogP contribution in [-0.2, 0) is 10.0 Å². The molecule has 0 aromatic carbocycles. The van der Waals surface area contributed by atoms with E-state index in [4.69, 9.17) is 5.73 Å². The maximum atomic E-state index is 12.7. The third kappa shape index (κ3) is 2.43. The van der Waals surface area contributed by atoms with Crippen LogP contribution in [0.25, 0.3) is 0 Å². The fourth-order valence-corrected chi connectivity index (χ4v) is 4.19. The van der Waals surface area contributed by atoms with E-state index in [9.17, 15) is 8.42 Å². The van der Waals surface area contributed by atoms with Crippen molar-refractivity contribution < 1.29 is 8.42 Å². The first-order chi connectivity index (χ1) is 8.18. The molecule has 0 unspecified atom stereocenters. The van der Waals surface area contributed by atoms with Crippen molar-refractivity contribution in [3.8, 4) is 0 Å². The zero-order valence-corrected chi connectivity index (χ0v) is 12.4. The van der Waals surface area contributed by atoms with Crippen molar-refractivity contribution in [2.45, 2.75) is 45.1 Å². The van der Waals surface area contributed by atoms with E-state index in [0.717, 1.165) is 0 Å². The quantitative estimate of drug-likeness (QED) is 0.829. The minimum atomic E-state index is -3.58. The number of rotatable bonds is 5. The van der Waals surface area contributed by atoms with Crippen LogP contribution >= 0.6 is 0 Å². The highest BCUT2D eigenvalue weighted by Crippen LogP contribution is 2.27. The molecule has 0 atom stereocenters. The molecule has 0 aliphatic carbocycles. The van der Waals surface area contributed by atoms with Crippen molar-refractivity contribution in [3.63, 3.8) is 0 Å². The lowest BCUT2D eigenvalue weighted by Crippen LogP contribution is -2.52. The van der Waals surface area contributed by atoms with Gasteiger partial charge in [0.2, 0.25) is 10.0 Å². The molecule has 0 saturated heterocycles. The van der Waals surface area contributed by atoms with E-state index in [1.165, 1.54) is 4.31 Å². The molecule has 0 bridgehead atoms. The third-order valence-electron chi connectivity index (χ3n) is 3.07. The number of aromatic amines is 1. The zero-order valence-electron chi connectivity index (χ0n) is 11.6. The van der Waals surface area contributed by atoms with Gasteiger partial charge in [-0.3, -0.25) is 5.10 Å². The minimum Gasteiger partial charge on any atom is -0.329 e. The van der Waals surface area contributed by atoms with E-state index in [0.29, 0.717) is 17.9 Å². The Bertz CT molecular complexity index is 500.